The Morgan fingerprint density at radius 1 is 0.597 bits per heavy atom. The fourth-order valence-corrected chi connectivity index (χ4v) is 6.47. The lowest BCUT2D eigenvalue weighted by Gasteiger charge is -2.24. The van der Waals surface area contributed by atoms with Crippen LogP contribution in [0.15, 0.2) is 97.2 Å². The molecule has 0 rings (SSSR count). The van der Waals surface area contributed by atoms with E-state index in [1.54, 1.807) is 6.08 Å². The number of hydrogen-bond acceptors (Lipinski definition) is 8. The fraction of sp³-hybridized carbons (Fsp3) is 0.647. The lowest BCUT2D eigenvalue weighted by Crippen LogP contribution is -2.37. The van der Waals surface area contributed by atoms with E-state index in [4.69, 9.17) is 18.5 Å². The Bertz CT molecular complexity index is 1390. The van der Waals surface area contributed by atoms with Gasteiger partial charge in [0.15, 0.2) is 6.10 Å². The van der Waals surface area contributed by atoms with E-state index in [9.17, 15) is 24.2 Å². The van der Waals surface area contributed by atoms with Gasteiger partial charge in [0, 0.05) is 12.8 Å². The maximum Gasteiger partial charge on any atom is 0.472 e. The minimum atomic E-state index is -4.42. The number of esters is 2. The maximum absolute atomic E-state index is 12.7. The normalized spacial score (nSPS) is 14.9. The third kappa shape index (κ3) is 44.9. The Kier molecular flexibility index (Phi) is 39.8. The summed E-state index contributed by atoms with van der Waals surface area (Å²) < 4.78 is 34.2. The van der Waals surface area contributed by atoms with Gasteiger partial charge >= 0.3 is 19.8 Å². The molecule has 0 saturated heterocycles. The van der Waals surface area contributed by atoms with Crippen molar-refractivity contribution in [1.82, 2.24) is 0 Å². The zero-order chi connectivity index (χ0) is 45.8. The van der Waals surface area contributed by atoms with Gasteiger partial charge in [-0.15, -0.1) is 0 Å². The van der Waals surface area contributed by atoms with Gasteiger partial charge in [-0.1, -0.05) is 156 Å². The van der Waals surface area contributed by atoms with Gasteiger partial charge in [-0.2, -0.15) is 0 Å². The Labute approximate surface area is 377 Å². The van der Waals surface area contributed by atoms with Crippen LogP contribution in [0.1, 0.15) is 155 Å². The number of carbonyl (C=O) groups is 2. The van der Waals surface area contributed by atoms with Crippen molar-refractivity contribution in [3.63, 3.8) is 0 Å². The van der Waals surface area contributed by atoms with E-state index in [2.05, 4.69) is 68.5 Å². The molecule has 0 aliphatic carbocycles. The highest BCUT2D eigenvalue weighted by molar-refractivity contribution is 7.47. The average Bonchev–Trinajstić information content (AvgIpc) is 3.22. The van der Waals surface area contributed by atoms with Crippen LogP contribution < -0.4 is 0 Å². The number of quaternary nitrogens is 1. The zero-order valence-electron chi connectivity index (χ0n) is 39.4. The third-order valence-electron chi connectivity index (χ3n) is 9.43. The summed E-state index contributed by atoms with van der Waals surface area (Å²) in [5, 5.41) is 10.0. The van der Waals surface area contributed by atoms with Gasteiger partial charge < -0.3 is 24.0 Å². The molecule has 0 amide bonds. The number of ether oxygens (including phenoxy) is 2. The second-order valence-corrected chi connectivity index (χ2v) is 18.1. The van der Waals surface area contributed by atoms with Crippen LogP contribution in [-0.4, -0.2) is 86.1 Å². The minimum absolute atomic E-state index is 0.00194. The lowest BCUT2D eigenvalue weighted by atomic mass is 10.1. The molecule has 0 heterocycles. The highest BCUT2D eigenvalue weighted by atomic mass is 31.2. The fourth-order valence-electron chi connectivity index (χ4n) is 5.73. The topological polar surface area (TPSA) is 129 Å². The first-order valence-electron chi connectivity index (χ1n) is 23.6. The van der Waals surface area contributed by atoms with Crippen LogP contribution in [0.4, 0.5) is 0 Å². The quantitative estimate of drug-likeness (QED) is 0.0154. The summed E-state index contributed by atoms with van der Waals surface area (Å²) in [6.45, 7) is 4.09. The molecule has 0 radical (unpaired) electrons. The summed E-state index contributed by atoms with van der Waals surface area (Å²) in [7, 11) is 1.38. The molecule has 0 aromatic carbocycles. The Hall–Kier alpha value is -3.11. The Balaban J connectivity index is 4.50. The molecule has 62 heavy (non-hydrogen) atoms. The van der Waals surface area contributed by atoms with Crippen molar-refractivity contribution in [2.24, 2.45) is 0 Å². The number of nitrogens with zero attached hydrogens (tertiary/aromatic N) is 1. The molecule has 0 aromatic rings. The summed E-state index contributed by atoms with van der Waals surface area (Å²) >= 11 is 0. The van der Waals surface area contributed by atoms with Crippen molar-refractivity contribution in [3.8, 4) is 0 Å². The van der Waals surface area contributed by atoms with Crippen molar-refractivity contribution in [1.29, 1.82) is 0 Å². The van der Waals surface area contributed by atoms with E-state index >= 15 is 0 Å². The summed E-state index contributed by atoms with van der Waals surface area (Å²) in [6, 6.07) is 0. The van der Waals surface area contributed by atoms with E-state index < -0.39 is 38.6 Å². The third-order valence-corrected chi connectivity index (χ3v) is 10.4. The smallest absolute Gasteiger partial charge is 0.462 e. The van der Waals surface area contributed by atoms with Gasteiger partial charge in [0.25, 0.3) is 0 Å². The van der Waals surface area contributed by atoms with Crippen molar-refractivity contribution in [2.45, 2.75) is 167 Å². The summed E-state index contributed by atoms with van der Waals surface area (Å²) in [4.78, 5) is 35.4. The molecule has 10 nitrogen and oxygen atoms in total. The summed E-state index contributed by atoms with van der Waals surface area (Å²) in [5.74, 6) is -0.930. The Morgan fingerprint density at radius 2 is 1.13 bits per heavy atom. The number of unbranched alkanes of at least 4 members (excludes halogenated alkanes) is 11. The molecule has 354 valence electrons. The molecular formula is C51H87NO9P+. The second-order valence-electron chi connectivity index (χ2n) is 16.6. The number of carbonyl (C=O) groups excluding carboxylic acids is 2. The van der Waals surface area contributed by atoms with E-state index in [0.717, 1.165) is 64.2 Å². The highest BCUT2D eigenvalue weighted by Gasteiger charge is 2.27. The molecule has 2 unspecified atom stereocenters. The highest BCUT2D eigenvalue weighted by Crippen LogP contribution is 2.43. The number of phosphoric acid groups is 1. The van der Waals surface area contributed by atoms with E-state index in [1.807, 2.05) is 57.6 Å². The first-order valence-corrected chi connectivity index (χ1v) is 25.1. The van der Waals surface area contributed by atoms with Gasteiger partial charge in [0.05, 0.1) is 33.9 Å². The summed E-state index contributed by atoms with van der Waals surface area (Å²) in [6.07, 6.45) is 52.1. The predicted octanol–water partition coefficient (Wildman–Crippen LogP) is 12.7. The molecule has 0 bridgehead atoms. The second kappa shape index (κ2) is 41.9. The van der Waals surface area contributed by atoms with Gasteiger partial charge in [-0.25, -0.2) is 4.57 Å². The van der Waals surface area contributed by atoms with Gasteiger partial charge in [-0.3, -0.25) is 18.6 Å². The first-order chi connectivity index (χ1) is 29.9. The van der Waals surface area contributed by atoms with Gasteiger partial charge in [-0.05, 0) is 83.5 Å². The van der Waals surface area contributed by atoms with Crippen molar-refractivity contribution in [3.05, 3.63) is 97.2 Å². The van der Waals surface area contributed by atoms with E-state index in [-0.39, 0.29) is 26.1 Å². The van der Waals surface area contributed by atoms with Crippen LogP contribution in [-0.2, 0) is 32.7 Å². The number of likely N-dealkylation sites (N-methyl/N-ethyl adjacent to an activating group) is 1. The molecule has 2 N–H and O–H groups in total. The molecule has 0 spiro atoms. The van der Waals surface area contributed by atoms with E-state index in [0.29, 0.717) is 43.1 Å². The number of aliphatic hydroxyl groups excluding tert-OH is 1. The number of aliphatic hydroxyl groups is 1. The number of allylic oxidation sites excluding steroid dienone is 14. The molecule has 0 saturated carbocycles. The molecule has 0 aromatic heterocycles. The van der Waals surface area contributed by atoms with Gasteiger partial charge in [0.2, 0.25) is 0 Å². The van der Waals surface area contributed by atoms with Crippen LogP contribution >= 0.6 is 7.82 Å². The minimum Gasteiger partial charge on any atom is -0.462 e. The van der Waals surface area contributed by atoms with E-state index in [1.165, 1.54) is 32.1 Å². The average molecular weight is 889 g/mol. The van der Waals surface area contributed by atoms with Crippen molar-refractivity contribution in [2.75, 3.05) is 47.5 Å². The molecular weight excluding hydrogens is 802 g/mol. The largest absolute Gasteiger partial charge is 0.472 e. The zero-order valence-corrected chi connectivity index (χ0v) is 40.3. The van der Waals surface area contributed by atoms with Gasteiger partial charge in [0.1, 0.15) is 19.8 Å². The standard InChI is InChI=1S/C51H86NO9P/c1-6-8-10-12-14-15-16-17-18-19-20-21-22-23-24-25-26-30-34-38-42-50(54)58-46-49(47-60-62(56,57)59-45-44-52(3,4)5)61-51(55)43-39-35-31-28-27-29-33-37-41-48(53)40-36-32-13-11-9-7-2/h9,11,15-16,18-19,21-22,28-29,31-33,36-37,41,48-49,53H,6-8,10,12-14,17,20,23-27,30,34-35,38-40,42-47H2,1-5H3/p+1/b11-9-,16-15-,19-18-,22-21-,31-28-,33-29-,36-32-,41-37+/t48?,49-/m1/s1. The lowest BCUT2D eigenvalue weighted by molar-refractivity contribution is -0.870. The molecule has 0 aliphatic rings. The van der Waals surface area contributed by atoms with Crippen LogP contribution in [0.2, 0.25) is 0 Å². The summed E-state index contributed by atoms with van der Waals surface area (Å²) in [5.41, 5.74) is 0. The molecule has 0 aliphatic heterocycles. The first kappa shape index (κ1) is 58.9. The number of hydrogen-bond donors (Lipinski definition) is 2. The van der Waals surface area contributed by atoms with Crippen LogP contribution in [0.25, 0.3) is 0 Å². The predicted molar refractivity (Wildman–Crippen MR) is 258 cm³/mol. The molecule has 11 heteroatoms. The SMILES string of the molecule is CC/C=C\C/C=C\CC(O)/C=C/C=C\C/C=C\CCCC(=O)O[C@H](COC(=O)CCCCCCCC/C=C\C/C=C\C/C=C\CCCCCC)COP(=O)(O)OCC[N+](C)(C)C. The van der Waals surface area contributed by atoms with Crippen LogP contribution in [0.5, 0.6) is 0 Å². The number of rotatable bonds is 41. The molecule has 0 fully saturated rings. The molecule has 3 atom stereocenters. The number of phosphoric ester groups is 1. The van der Waals surface area contributed by atoms with Crippen LogP contribution in [0, 0.1) is 0 Å². The monoisotopic (exact) mass is 889 g/mol. The Morgan fingerprint density at radius 3 is 1.76 bits per heavy atom. The van der Waals surface area contributed by atoms with Crippen molar-refractivity contribution >= 4 is 19.8 Å². The van der Waals surface area contributed by atoms with Crippen LogP contribution in [0.3, 0.4) is 0 Å². The van der Waals surface area contributed by atoms with Crippen molar-refractivity contribution < 1.29 is 47.2 Å². The maximum atomic E-state index is 12.7.